The Morgan fingerprint density at radius 2 is 1.64 bits per heavy atom. The maximum Gasteiger partial charge on any atom is 0.269 e. The Bertz CT molecular complexity index is 1590. The van der Waals surface area contributed by atoms with E-state index in [0.717, 1.165) is 6.08 Å². The van der Waals surface area contributed by atoms with Crippen LogP contribution in [0.2, 0.25) is 10.0 Å². The molecule has 0 N–H and O–H groups in total. The largest absolute Gasteiger partial charge is 0.438 e. The molecule has 0 spiro atoms. The number of pyridine rings is 1. The van der Waals surface area contributed by atoms with Crippen molar-refractivity contribution in [1.82, 2.24) is 9.38 Å². The molecule has 2 aromatic heterocycles. The van der Waals surface area contributed by atoms with Gasteiger partial charge in [-0.25, -0.2) is 8.42 Å². The topological polar surface area (TPSA) is 102 Å². The van der Waals surface area contributed by atoms with Gasteiger partial charge in [0.2, 0.25) is 15.7 Å². The number of hydrogen-bond donors (Lipinski definition) is 0. The molecule has 164 valence electrons. The third-order valence-electron chi connectivity index (χ3n) is 4.56. The molecule has 10 heteroatoms. The summed E-state index contributed by atoms with van der Waals surface area (Å²) in [6, 6.07) is 18.2. The molecule has 0 saturated heterocycles. The zero-order valence-electron chi connectivity index (χ0n) is 16.6. The summed E-state index contributed by atoms with van der Waals surface area (Å²) in [5.74, 6) is 0.160. The highest BCUT2D eigenvalue weighted by Crippen LogP contribution is 2.28. The lowest BCUT2D eigenvalue weighted by Crippen LogP contribution is -2.19. The number of rotatable bonds is 5. The summed E-state index contributed by atoms with van der Waals surface area (Å²) in [4.78, 5) is 16.8. The molecular weight excluding hydrogens is 485 g/mol. The lowest BCUT2D eigenvalue weighted by atomic mass is 10.2. The Kier molecular flexibility index (Phi) is 6.20. The van der Waals surface area contributed by atoms with Crippen molar-refractivity contribution in [1.29, 1.82) is 5.26 Å². The van der Waals surface area contributed by atoms with Crippen molar-refractivity contribution in [2.75, 3.05) is 0 Å². The monoisotopic (exact) mass is 497 g/mol. The molecule has 0 amide bonds. The van der Waals surface area contributed by atoms with Gasteiger partial charge in [0.1, 0.15) is 27.9 Å². The Morgan fingerprint density at radius 3 is 2.27 bits per heavy atom. The van der Waals surface area contributed by atoms with Gasteiger partial charge in [-0.1, -0.05) is 29.3 Å². The number of allylic oxidation sites excluding steroid dienone is 1. The van der Waals surface area contributed by atoms with E-state index >= 15 is 0 Å². The Hall–Kier alpha value is -3.64. The first-order chi connectivity index (χ1) is 15.8. The summed E-state index contributed by atoms with van der Waals surface area (Å²) in [7, 11) is -4.24. The summed E-state index contributed by atoms with van der Waals surface area (Å²) >= 11 is 11.7. The van der Waals surface area contributed by atoms with Crippen molar-refractivity contribution in [3.8, 4) is 17.7 Å². The lowest BCUT2D eigenvalue weighted by Gasteiger charge is -2.10. The van der Waals surface area contributed by atoms with E-state index in [1.807, 2.05) is 0 Å². The van der Waals surface area contributed by atoms with E-state index in [4.69, 9.17) is 27.9 Å². The normalized spacial score (nSPS) is 11.8. The van der Waals surface area contributed by atoms with E-state index in [0.29, 0.717) is 15.8 Å². The van der Waals surface area contributed by atoms with E-state index in [1.54, 1.807) is 48.5 Å². The van der Waals surface area contributed by atoms with Crippen molar-refractivity contribution in [2.45, 2.75) is 4.90 Å². The zero-order valence-corrected chi connectivity index (χ0v) is 19.0. The number of nitrogens with zero attached hydrogens (tertiary/aromatic N) is 3. The number of benzene rings is 2. The molecule has 0 fully saturated rings. The fraction of sp³-hybridized carbons (Fsp3) is 0. The van der Waals surface area contributed by atoms with Gasteiger partial charge in [0, 0.05) is 16.2 Å². The number of halogens is 2. The molecule has 0 bridgehead atoms. The third-order valence-corrected chi connectivity index (χ3v) is 6.75. The molecule has 7 nitrogen and oxygen atoms in total. The molecule has 0 saturated carbocycles. The van der Waals surface area contributed by atoms with Crippen LogP contribution in [0.1, 0.15) is 5.56 Å². The molecule has 0 aliphatic carbocycles. The van der Waals surface area contributed by atoms with Crippen LogP contribution in [-0.2, 0) is 9.84 Å². The summed E-state index contributed by atoms with van der Waals surface area (Å²) in [6.45, 7) is 0. The first-order valence-corrected chi connectivity index (χ1v) is 11.6. The van der Waals surface area contributed by atoms with Gasteiger partial charge >= 0.3 is 0 Å². The fourth-order valence-electron chi connectivity index (χ4n) is 2.94. The number of ether oxygens (including phenoxy) is 1. The van der Waals surface area contributed by atoms with Crippen molar-refractivity contribution in [3.63, 3.8) is 0 Å². The third kappa shape index (κ3) is 4.61. The van der Waals surface area contributed by atoms with Crippen LogP contribution < -0.4 is 10.3 Å². The second-order valence-corrected chi connectivity index (χ2v) is 9.49. The maximum atomic E-state index is 13.2. The highest BCUT2D eigenvalue weighted by molar-refractivity contribution is 7.95. The molecule has 0 unspecified atom stereocenters. The van der Waals surface area contributed by atoms with Crippen LogP contribution in [-0.4, -0.2) is 17.8 Å². The van der Waals surface area contributed by atoms with Crippen LogP contribution in [0.5, 0.6) is 11.6 Å². The van der Waals surface area contributed by atoms with Gasteiger partial charge in [-0.05, 0) is 66.7 Å². The molecule has 0 atom stereocenters. The predicted octanol–water partition coefficient (Wildman–Crippen LogP) is 5.13. The van der Waals surface area contributed by atoms with Gasteiger partial charge in [0.25, 0.3) is 5.56 Å². The SMILES string of the molecule is N#C/C(=C\c1c(Oc2ccc(Cl)cc2)nc2ccccn2c1=O)S(=O)(=O)c1ccc(Cl)cc1. The van der Waals surface area contributed by atoms with Crippen LogP contribution >= 0.6 is 23.2 Å². The Labute approximate surface area is 198 Å². The minimum absolute atomic E-state index is 0.145. The van der Waals surface area contributed by atoms with E-state index < -0.39 is 20.3 Å². The molecule has 0 aliphatic heterocycles. The van der Waals surface area contributed by atoms with Crippen LogP contribution in [0.3, 0.4) is 0 Å². The van der Waals surface area contributed by atoms with E-state index in [-0.39, 0.29) is 22.0 Å². The number of sulfone groups is 1. The highest BCUT2D eigenvalue weighted by atomic mass is 35.5. The Morgan fingerprint density at radius 1 is 1.00 bits per heavy atom. The van der Waals surface area contributed by atoms with Gasteiger partial charge in [-0.15, -0.1) is 0 Å². The van der Waals surface area contributed by atoms with Crippen molar-refractivity contribution >= 4 is 44.8 Å². The summed E-state index contributed by atoms with van der Waals surface area (Å²) in [5.41, 5.74) is -0.533. The average molecular weight is 498 g/mol. The standard InChI is InChI=1S/C23H13Cl2N3O4S/c24-15-4-8-17(9-5-15)32-22-20(23(29)28-12-2-1-3-21(28)27-22)13-19(14-26)33(30,31)18-10-6-16(25)7-11-18/h1-13H/b19-13+. The average Bonchev–Trinajstić information content (AvgIpc) is 2.80. The van der Waals surface area contributed by atoms with Gasteiger partial charge in [0.05, 0.1) is 4.90 Å². The molecule has 0 aliphatic rings. The number of hydrogen-bond acceptors (Lipinski definition) is 6. The highest BCUT2D eigenvalue weighted by Gasteiger charge is 2.23. The number of nitriles is 1. The van der Waals surface area contributed by atoms with Crippen molar-refractivity contribution in [2.24, 2.45) is 0 Å². The number of fused-ring (bicyclic) bond motifs is 1. The molecule has 0 radical (unpaired) electrons. The Balaban J connectivity index is 1.92. The van der Waals surface area contributed by atoms with Crippen LogP contribution in [0.4, 0.5) is 0 Å². The predicted molar refractivity (Wildman–Crippen MR) is 125 cm³/mol. The van der Waals surface area contributed by atoms with Gasteiger partial charge in [-0.3, -0.25) is 9.20 Å². The summed E-state index contributed by atoms with van der Waals surface area (Å²) < 4.78 is 33.1. The molecule has 2 heterocycles. The minimum atomic E-state index is -4.24. The van der Waals surface area contributed by atoms with Crippen LogP contribution in [0, 0.1) is 11.3 Å². The summed E-state index contributed by atoms with van der Waals surface area (Å²) in [6.07, 6.45) is 2.44. The van der Waals surface area contributed by atoms with E-state index in [9.17, 15) is 18.5 Å². The molecular formula is C23H13Cl2N3O4S. The molecule has 4 aromatic rings. The van der Waals surface area contributed by atoms with Crippen LogP contribution in [0.15, 0.2) is 87.5 Å². The zero-order chi connectivity index (χ0) is 23.6. The van der Waals surface area contributed by atoms with E-state index in [2.05, 4.69) is 4.98 Å². The van der Waals surface area contributed by atoms with Gasteiger partial charge in [0.15, 0.2) is 0 Å². The first kappa shape index (κ1) is 22.6. The minimum Gasteiger partial charge on any atom is -0.438 e. The lowest BCUT2D eigenvalue weighted by molar-refractivity contribution is 0.461. The van der Waals surface area contributed by atoms with E-state index in [1.165, 1.54) is 34.9 Å². The molecule has 2 aromatic carbocycles. The van der Waals surface area contributed by atoms with Crippen molar-refractivity contribution in [3.05, 3.63) is 104 Å². The summed E-state index contributed by atoms with van der Waals surface area (Å²) in [5, 5.41) is 10.5. The smallest absolute Gasteiger partial charge is 0.269 e. The fourth-order valence-corrected chi connectivity index (χ4v) is 4.33. The maximum absolute atomic E-state index is 13.2. The van der Waals surface area contributed by atoms with Crippen molar-refractivity contribution < 1.29 is 13.2 Å². The second-order valence-electron chi connectivity index (χ2n) is 6.70. The molecule has 4 rings (SSSR count). The molecule has 33 heavy (non-hydrogen) atoms. The first-order valence-electron chi connectivity index (χ1n) is 9.37. The van der Waals surface area contributed by atoms with Gasteiger partial charge < -0.3 is 4.74 Å². The quantitative estimate of drug-likeness (QED) is 0.354. The second kappa shape index (κ2) is 9.08. The number of aromatic nitrogens is 2. The van der Waals surface area contributed by atoms with Gasteiger partial charge in [-0.2, -0.15) is 10.2 Å². The van der Waals surface area contributed by atoms with Crippen LogP contribution in [0.25, 0.3) is 11.7 Å².